The van der Waals surface area contributed by atoms with Crippen LogP contribution in [0.15, 0.2) is 36.4 Å². The normalized spacial score (nSPS) is 34.0. The largest absolute Gasteiger partial charge is 0.393 e. The van der Waals surface area contributed by atoms with Crippen LogP contribution < -0.4 is 0 Å². The van der Waals surface area contributed by atoms with E-state index < -0.39 is 0 Å². The summed E-state index contributed by atoms with van der Waals surface area (Å²) in [4.78, 5) is 0. The fourth-order valence-electron chi connectivity index (χ4n) is 2.75. The SMILES string of the molecule is C[C@@H]1[C@@H](C)[C@H](C)C(c2ccccc2)=CC[C@H]1O. The van der Waals surface area contributed by atoms with Crippen LogP contribution in [0.3, 0.4) is 0 Å². The van der Waals surface area contributed by atoms with Gasteiger partial charge in [0.05, 0.1) is 6.10 Å². The van der Waals surface area contributed by atoms with Crippen LogP contribution >= 0.6 is 0 Å². The van der Waals surface area contributed by atoms with Gasteiger partial charge in [-0.3, -0.25) is 0 Å². The number of allylic oxidation sites excluding steroid dienone is 1. The lowest BCUT2D eigenvalue weighted by atomic mass is 9.79. The molecule has 0 unspecified atom stereocenters. The monoisotopic (exact) mass is 230 g/mol. The van der Waals surface area contributed by atoms with E-state index >= 15 is 0 Å². The number of aliphatic hydroxyl groups excluding tert-OH is 1. The van der Waals surface area contributed by atoms with Gasteiger partial charge in [0.1, 0.15) is 0 Å². The quantitative estimate of drug-likeness (QED) is 0.779. The third kappa shape index (κ3) is 2.44. The molecule has 0 spiro atoms. The van der Waals surface area contributed by atoms with E-state index in [1.54, 1.807) is 0 Å². The minimum Gasteiger partial charge on any atom is -0.393 e. The Balaban J connectivity index is 2.34. The minimum absolute atomic E-state index is 0.200. The zero-order valence-electron chi connectivity index (χ0n) is 10.9. The van der Waals surface area contributed by atoms with Crippen molar-refractivity contribution < 1.29 is 5.11 Å². The van der Waals surface area contributed by atoms with Crippen LogP contribution in [0.5, 0.6) is 0 Å². The summed E-state index contributed by atoms with van der Waals surface area (Å²) in [5.74, 6) is 1.38. The van der Waals surface area contributed by atoms with Crippen LogP contribution in [-0.2, 0) is 0 Å². The summed E-state index contributed by atoms with van der Waals surface area (Å²) >= 11 is 0. The molecular formula is C16H22O. The topological polar surface area (TPSA) is 20.2 Å². The van der Waals surface area contributed by atoms with Crippen LogP contribution in [0.4, 0.5) is 0 Å². The van der Waals surface area contributed by atoms with Crippen molar-refractivity contribution in [1.29, 1.82) is 0 Å². The second kappa shape index (κ2) is 5.05. The Labute approximate surface area is 104 Å². The maximum Gasteiger partial charge on any atom is 0.0603 e. The number of rotatable bonds is 1. The van der Waals surface area contributed by atoms with Crippen molar-refractivity contribution in [3.63, 3.8) is 0 Å². The van der Waals surface area contributed by atoms with E-state index in [9.17, 15) is 5.11 Å². The minimum atomic E-state index is -0.200. The molecule has 4 atom stereocenters. The van der Waals surface area contributed by atoms with Crippen molar-refractivity contribution in [3.8, 4) is 0 Å². The lowest BCUT2D eigenvalue weighted by molar-refractivity contribution is 0.0848. The molecule has 2 rings (SSSR count). The molecule has 92 valence electrons. The third-order valence-corrected chi connectivity index (χ3v) is 4.40. The van der Waals surface area contributed by atoms with E-state index in [4.69, 9.17) is 0 Å². The van der Waals surface area contributed by atoms with Gasteiger partial charge in [-0.25, -0.2) is 0 Å². The first-order valence-corrected chi connectivity index (χ1v) is 6.54. The highest BCUT2D eigenvalue weighted by Crippen LogP contribution is 2.37. The van der Waals surface area contributed by atoms with Crippen molar-refractivity contribution in [3.05, 3.63) is 42.0 Å². The summed E-state index contributed by atoms with van der Waals surface area (Å²) in [5, 5.41) is 10.1. The molecule has 1 aromatic rings. The summed E-state index contributed by atoms with van der Waals surface area (Å²) in [6.45, 7) is 6.69. The second-order valence-electron chi connectivity index (χ2n) is 5.34. The van der Waals surface area contributed by atoms with Crippen molar-refractivity contribution in [2.45, 2.75) is 33.3 Å². The van der Waals surface area contributed by atoms with Gasteiger partial charge in [0.25, 0.3) is 0 Å². The highest BCUT2D eigenvalue weighted by molar-refractivity contribution is 5.67. The fourth-order valence-corrected chi connectivity index (χ4v) is 2.75. The summed E-state index contributed by atoms with van der Waals surface area (Å²) in [6.07, 6.45) is 2.80. The summed E-state index contributed by atoms with van der Waals surface area (Å²) < 4.78 is 0. The Morgan fingerprint density at radius 3 is 2.29 bits per heavy atom. The molecule has 0 heterocycles. The molecule has 0 amide bonds. The van der Waals surface area contributed by atoms with Gasteiger partial charge in [-0.1, -0.05) is 57.2 Å². The average Bonchev–Trinajstić information content (AvgIpc) is 2.45. The van der Waals surface area contributed by atoms with Gasteiger partial charge >= 0.3 is 0 Å². The molecule has 1 N–H and O–H groups in total. The van der Waals surface area contributed by atoms with Crippen LogP contribution in [0.2, 0.25) is 0 Å². The van der Waals surface area contributed by atoms with Gasteiger partial charge in [0, 0.05) is 0 Å². The Morgan fingerprint density at radius 2 is 1.65 bits per heavy atom. The number of aliphatic hydroxyl groups is 1. The first-order chi connectivity index (χ1) is 8.11. The van der Waals surface area contributed by atoms with Gasteiger partial charge in [-0.2, -0.15) is 0 Å². The van der Waals surface area contributed by atoms with Crippen molar-refractivity contribution in [2.24, 2.45) is 17.8 Å². The van der Waals surface area contributed by atoms with Gasteiger partial charge in [-0.05, 0) is 35.3 Å². The number of hydrogen-bond donors (Lipinski definition) is 1. The van der Waals surface area contributed by atoms with Gasteiger partial charge < -0.3 is 5.11 Å². The average molecular weight is 230 g/mol. The Bertz CT molecular complexity index is 393. The number of benzene rings is 1. The molecule has 0 aliphatic heterocycles. The van der Waals surface area contributed by atoms with E-state index in [0.29, 0.717) is 17.8 Å². The Hall–Kier alpha value is -1.08. The Morgan fingerprint density at radius 1 is 1.00 bits per heavy atom. The van der Waals surface area contributed by atoms with E-state index in [0.717, 1.165) is 6.42 Å². The van der Waals surface area contributed by atoms with Crippen molar-refractivity contribution >= 4 is 5.57 Å². The van der Waals surface area contributed by atoms with E-state index in [1.807, 2.05) is 6.07 Å². The van der Waals surface area contributed by atoms with Gasteiger partial charge in [-0.15, -0.1) is 0 Å². The lowest BCUT2D eigenvalue weighted by Crippen LogP contribution is -2.25. The van der Waals surface area contributed by atoms with Crippen molar-refractivity contribution in [1.82, 2.24) is 0 Å². The first-order valence-electron chi connectivity index (χ1n) is 6.54. The maximum absolute atomic E-state index is 10.1. The molecule has 0 radical (unpaired) electrons. The summed E-state index contributed by atoms with van der Waals surface area (Å²) in [7, 11) is 0. The molecule has 0 aromatic heterocycles. The smallest absolute Gasteiger partial charge is 0.0603 e. The first kappa shape index (κ1) is 12.4. The zero-order chi connectivity index (χ0) is 12.4. The van der Waals surface area contributed by atoms with Crippen LogP contribution in [0.25, 0.3) is 5.57 Å². The third-order valence-electron chi connectivity index (χ3n) is 4.40. The Kier molecular flexibility index (Phi) is 3.68. The maximum atomic E-state index is 10.1. The molecule has 0 bridgehead atoms. The van der Waals surface area contributed by atoms with Crippen LogP contribution in [0.1, 0.15) is 32.8 Å². The van der Waals surface area contributed by atoms with E-state index in [2.05, 4.69) is 51.1 Å². The standard InChI is InChI=1S/C16H22O/c1-11-12(2)15(9-10-16(17)13(11)3)14-7-5-4-6-8-14/h4-9,11-13,16-17H,10H2,1-3H3/t11-,12-,13+,16+/m0/s1. The highest BCUT2D eigenvalue weighted by atomic mass is 16.3. The van der Waals surface area contributed by atoms with Crippen molar-refractivity contribution in [2.75, 3.05) is 0 Å². The highest BCUT2D eigenvalue weighted by Gasteiger charge is 2.29. The summed E-state index contributed by atoms with van der Waals surface area (Å²) in [6, 6.07) is 10.5. The molecule has 17 heavy (non-hydrogen) atoms. The molecule has 0 saturated carbocycles. The zero-order valence-corrected chi connectivity index (χ0v) is 10.9. The molecule has 1 nitrogen and oxygen atoms in total. The fraction of sp³-hybridized carbons (Fsp3) is 0.500. The van der Waals surface area contributed by atoms with Gasteiger partial charge in [0.2, 0.25) is 0 Å². The van der Waals surface area contributed by atoms with E-state index in [-0.39, 0.29) is 6.10 Å². The van der Waals surface area contributed by atoms with Crippen LogP contribution in [0, 0.1) is 17.8 Å². The van der Waals surface area contributed by atoms with Crippen LogP contribution in [-0.4, -0.2) is 11.2 Å². The molecule has 1 aromatic carbocycles. The molecule has 0 saturated heterocycles. The molecule has 1 aliphatic rings. The summed E-state index contributed by atoms with van der Waals surface area (Å²) in [5.41, 5.74) is 2.69. The van der Waals surface area contributed by atoms with E-state index in [1.165, 1.54) is 11.1 Å². The number of hydrogen-bond acceptors (Lipinski definition) is 1. The predicted octanol–water partition coefficient (Wildman–Crippen LogP) is 3.74. The molecular weight excluding hydrogens is 208 g/mol. The second-order valence-corrected chi connectivity index (χ2v) is 5.34. The molecule has 1 heteroatoms. The molecule has 1 aliphatic carbocycles. The molecule has 0 fully saturated rings. The van der Waals surface area contributed by atoms with Gasteiger partial charge in [0.15, 0.2) is 0 Å². The predicted molar refractivity (Wildman–Crippen MR) is 72.5 cm³/mol. The lowest BCUT2D eigenvalue weighted by Gasteiger charge is -2.27.